The van der Waals surface area contributed by atoms with Crippen LogP contribution in [-0.2, 0) is 16.0 Å². The Kier molecular flexibility index (Phi) is 6.71. The average Bonchev–Trinajstić information content (AvgIpc) is 2.65. The first-order valence-electron chi connectivity index (χ1n) is 7.91. The molecule has 0 aliphatic rings. The Balaban J connectivity index is 1.85. The maximum Gasteiger partial charge on any atom is 0.329 e. The summed E-state index contributed by atoms with van der Waals surface area (Å²) in [6.45, 7) is 1.81. The molecular formula is C19H21N3O3. The van der Waals surface area contributed by atoms with Gasteiger partial charge in [0, 0.05) is 5.71 Å². The van der Waals surface area contributed by atoms with Crippen LogP contribution in [0.4, 0.5) is 5.69 Å². The van der Waals surface area contributed by atoms with E-state index in [9.17, 15) is 9.59 Å². The lowest BCUT2D eigenvalue weighted by molar-refractivity contribution is -0.136. The predicted molar refractivity (Wildman–Crippen MR) is 97.6 cm³/mol. The maximum atomic E-state index is 11.9. The summed E-state index contributed by atoms with van der Waals surface area (Å²) in [6.07, 6.45) is 1.51. The molecule has 2 rings (SSSR count). The topological polar surface area (TPSA) is 79.8 Å². The highest BCUT2D eigenvalue weighted by atomic mass is 16.5. The van der Waals surface area contributed by atoms with E-state index >= 15 is 0 Å². The van der Waals surface area contributed by atoms with Crippen molar-refractivity contribution in [2.24, 2.45) is 5.10 Å². The molecule has 2 aromatic carbocycles. The number of aryl methyl sites for hydroxylation is 1. The molecule has 0 saturated heterocycles. The Labute approximate surface area is 146 Å². The highest BCUT2D eigenvalue weighted by molar-refractivity contribution is 6.39. The molecule has 0 bridgehead atoms. The van der Waals surface area contributed by atoms with Crippen molar-refractivity contribution in [3.05, 3.63) is 60.2 Å². The average molecular weight is 339 g/mol. The molecule has 130 valence electrons. The van der Waals surface area contributed by atoms with Crippen molar-refractivity contribution in [3.8, 4) is 5.75 Å². The van der Waals surface area contributed by atoms with Crippen molar-refractivity contribution in [1.29, 1.82) is 0 Å². The fourth-order valence-electron chi connectivity index (χ4n) is 2.15. The molecule has 2 N–H and O–H groups in total. The molecule has 0 spiro atoms. The van der Waals surface area contributed by atoms with Crippen LogP contribution in [0.3, 0.4) is 0 Å². The fraction of sp³-hybridized carbons (Fsp3) is 0.211. The Hall–Kier alpha value is -3.15. The smallest absolute Gasteiger partial charge is 0.329 e. The molecule has 6 nitrogen and oxygen atoms in total. The standard InChI is InChI=1S/C19H21N3O3/c1-14(12-13-15-8-4-3-5-9-15)21-22-19(24)18(23)20-16-10-6-7-11-17(16)25-2/h3-11H,12-13H2,1-2H3,(H,20,23)(H,22,24)/b21-14+. The molecule has 0 aromatic heterocycles. The predicted octanol–water partition coefficient (Wildman–Crippen LogP) is 2.76. The number of hydrogen-bond donors (Lipinski definition) is 2. The van der Waals surface area contributed by atoms with Crippen molar-refractivity contribution < 1.29 is 14.3 Å². The van der Waals surface area contributed by atoms with Gasteiger partial charge in [-0.1, -0.05) is 42.5 Å². The molecule has 0 fully saturated rings. The SMILES string of the molecule is COc1ccccc1NC(=O)C(=O)N/N=C(\C)CCc1ccccc1. The quantitative estimate of drug-likeness (QED) is 0.482. The van der Waals surface area contributed by atoms with Crippen LogP contribution in [0.2, 0.25) is 0 Å². The van der Waals surface area contributed by atoms with E-state index in [1.54, 1.807) is 31.2 Å². The van der Waals surface area contributed by atoms with Crippen LogP contribution in [0.25, 0.3) is 0 Å². The zero-order valence-corrected chi connectivity index (χ0v) is 14.3. The molecular weight excluding hydrogens is 318 g/mol. The Morgan fingerprint density at radius 1 is 1.00 bits per heavy atom. The lowest BCUT2D eigenvalue weighted by Crippen LogP contribution is -2.33. The summed E-state index contributed by atoms with van der Waals surface area (Å²) in [4.78, 5) is 23.8. The molecule has 6 heteroatoms. The maximum absolute atomic E-state index is 11.9. The van der Waals surface area contributed by atoms with Gasteiger partial charge in [-0.05, 0) is 37.5 Å². The van der Waals surface area contributed by atoms with Crippen LogP contribution in [-0.4, -0.2) is 24.6 Å². The molecule has 0 saturated carbocycles. The minimum absolute atomic E-state index is 0.426. The van der Waals surface area contributed by atoms with Gasteiger partial charge in [0.1, 0.15) is 5.75 Å². The van der Waals surface area contributed by atoms with E-state index in [0.29, 0.717) is 17.9 Å². The van der Waals surface area contributed by atoms with Crippen LogP contribution in [0.15, 0.2) is 59.7 Å². The molecule has 2 amide bonds. The minimum atomic E-state index is -0.829. The summed E-state index contributed by atoms with van der Waals surface area (Å²) < 4.78 is 5.12. The zero-order chi connectivity index (χ0) is 18.1. The number of carbonyl (C=O) groups excluding carboxylic acids is 2. The van der Waals surface area contributed by atoms with Crippen LogP contribution in [0.1, 0.15) is 18.9 Å². The third-order valence-corrected chi connectivity index (χ3v) is 3.53. The van der Waals surface area contributed by atoms with Gasteiger partial charge >= 0.3 is 11.8 Å². The van der Waals surface area contributed by atoms with Gasteiger partial charge in [0.25, 0.3) is 0 Å². The third-order valence-electron chi connectivity index (χ3n) is 3.53. The summed E-state index contributed by atoms with van der Waals surface area (Å²) in [6, 6.07) is 16.8. The summed E-state index contributed by atoms with van der Waals surface area (Å²) in [5, 5.41) is 6.47. The summed E-state index contributed by atoms with van der Waals surface area (Å²) >= 11 is 0. The minimum Gasteiger partial charge on any atom is -0.495 e. The van der Waals surface area contributed by atoms with Gasteiger partial charge in [-0.15, -0.1) is 0 Å². The van der Waals surface area contributed by atoms with Gasteiger partial charge in [0.2, 0.25) is 0 Å². The van der Waals surface area contributed by atoms with E-state index < -0.39 is 11.8 Å². The number of amides is 2. The van der Waals surface area contributed by atoms with Crippen molar-refractivity contribution in [3.63, 3.8) is 0 Å². The normalized spacial score (nSPS) is 10.9. The number of hydrogen-bond acceptors (Lipinski definition) is 4. The van der Waals surface area contributed by atoms with Gasteiger partial charge in [-0.25, -0.2) is 5.43 Å². The van der Waals surface area contributed by atoms with Crippen LogP contribution in [0, 0.1) is 0 Å². The lowest BCUT2D eigenvalue weighted by atomic mass is 10.1. The fourth-order valence-corrected chi connectivity index (χ4v) is 2.15. The third kappa shape index (κ3) is 5.76. The van der Waals surface area contributed by atoms with Crippen molar-refractivity contribution in [2.75, 3.05) is 12.4 Å². The first-order chi connectivity index (χ1) is 12.1. The number of hydrazone groups is 1. The second-order valence-corrected chi connectivity index (χ2v) is 5.43. The van der Waals surface area contributed by atoms with Crippen molar-refractivity contribution >= 4 is 23.2 Å². The van der Waals surface area contributed by atoms with Crippen LogP contribution >= 0.6 is 0 Å². The molecule has 0 radical (unpaired) electrons. The number of methoxy groups -OCH3 is 1. The highest BCUT2D eigenvalue weighted by Crippen LogP contribution is 2.22. The number of para-hydroxylation sites is 2. The van der Waals surface area contributed by atoms with E-state index in [-0.39, 0.29) is 0 Å². The van der Waals surface area contributed by atoms with Crippen molar-refractivity contribution in [1.82, 2.24) is 5.43 Å². The first kappa shape index (κ1) is 18.2. The number of nitrogens with zero attached hydrogens (tertiary/aromatic N) is 1. The van der Waals surface area contributed by atoms with Crippen LogP contribution in [0.5, 0.6) is 5.75 Å². The van der Waals surface area contributed by atoms with Gasteiger partial charge in [0.05, 0.1) is 12.8 Å². The monoisotopic (exact) mass is 339 g/mol. The van der Waals surface area contributed by atoms with Gasteiger partial charge in [0.15, 0.2) is 0 Å². The molecule has 0 aliphatic heterocycles. The summed E-state index contributed by atoms with van der Waals surface area (Å²) in [7, 11) is 1.49. The lowest BCUT2D eigenvalue weighted by Gasteiger charge is -2.09. The van der Waals surface area contributed by atoms with E-state index in [2.05, 4.69) is 15.8 Å². The largest absolute Gasteiger partial charge is 0.495 e. The number of ether oxygens (including phenoxy) is 1. The van der Waals surface area contributed by atoms with Gasteiger partial charge in [-0.3, -0.25) is 9.59 Å². The van der Waals surface area contributed by atoms with Gasteiger partial charge < -0.3 is 10.1 Å². The first-order valence-corrected chi connectivity index (χ1v) is 7.91. The van der Waals surface area contributed by atoms with Crippen molar-refractivity contribution in [2.45, 2.75) is 19.8 Å². The molecule has 0 unspecified atom stereocenters. The number of anilines is 1. The Bertz CT molecular complexity index is 758. The molecule has 0 heterocycles. The second-order valence-electron chi connectivity index (χ2n) is 5.43. The number of rotatable bonds is 6. The molecule has 0 atom stereocenters. The number of nitrogens with one attached hydrogen (secondary N) is 2. The van der Waals surface area contributed by atoms with Gasteiger partial charge in [-0.2, -0.15) is 5.10 Å². The Morgan fingerprint density at radius 3 is 2.40 bits per heavy atom. The Morgan fingerprint density at radius 2 is 1.68 bits per heavy atom. The zero-order valence-electron chi connectivity index (χ0n) is 14.3. The summed E-state index contributed by atoms with van der Waals surface area (Å²) in [5.41, 5.74) is 4.63. The number of benzene rings is 2. The van der Waals surface area contributed by atoms with Crippen LogP contribution < -0.4 is 15.5 Å². The van der Waals surface area contributed by atoms with E-state index in [1.807, 2.05) is 30.3 Å². The molecule has 2 aromatic rings. The highest BCUT2D eigenvalue weighted by Gasteiger charge is 2.15. The molecule has 0 aliphatic carbocycles. The number of carbonyl (C=O) groups is 2. The molecule has 25 heavy (non-hydrogen) atoms. The van der Waals surface area contributed by atoms with E-state index in [0.717, 1.165) is 12.1 Å². The van der Waals surface area contributed by atoms with E-state index in [1.165, 1.54) is 12.7 Å². The van der Waals surface area contributed by atoms with E-state index in [4.69, 9.17) is 4.74 Å². The summed E-state index contributed by atoms with van der Waals surface area (Å²) in [5.74, 6) is -1.15. The second kappa shape index (κ2) is 9.22.